The zero-order valence-corrected chi connectivity index (χ0v) is 12.1. The lowest BCUT2D eigenvalue weighted by atomic mass is 10.1. The molecule has 0 saturated heterocycles. The summed E-state index contributed by atoms with van der Waals surface area (Å²) in [5.41, 5.74) is 1.14. The second kappa shape index (κ2) is 7.97. The van der Waals surface area contributed by atoms with Crippen LogP contribution in [-0.4, -0.2) is 6.54 Å². The maximum Gasteiger partial charge on any atom is 0.0424 e. The van der Waals surface area contributed by atoms with Crippen molar-refractivity contribution in [2.24, 2.45) is 5.92 Å². The molecule has 1 aromatic rings. The van der Waals surface area contributed by atoms with E-state index in [9.17, 15) is 0 Å². The van der Waals surface area contributed by atoms with Crippen LogP contribution in [-0.2, 0) is 6.54 Å². The smallest absolute Gasteiger partial charge is 0.0424 e. The number of rotatable bonds is 7. The van der Waals surface area contributed by atoms with Crippen molar-refractivity contribution in [1.29, 1.82) is 0 Å². The van der Waals surface area contributed by atoms with Crippen molar-refractivity contribution in [1.82, 2.24) is 5.32 Å². The molecule has 0 aliphatic rings. The van der Waals surface area contributed by atoms with Crippen molar-refractivity contribution in [3.8, 4) is 0 Å². The van der Waals surface area contributed by atoms with Crippen molar-refractivity contribution in [2.75, 3.05) is 6.54 Å². The Hall–Kier alpha value is -0.240. The third-order valence-corrected chi connectivity index (χ3v) is 3.07. The molecule has 0 atom stereocenters. The second-order valence-corrected chi connectivity index (χ2v) is 5.72. The highest BCUT2D eigenvalue weighted by molar-refractivity contribution is 6.34. The number of benzene rings is 1. The largest absolute Gasteiger partial charge is 0.313 e. The Balaban J connectivity index is 2.18. The number of halogens is 2. The standard InChI is InChI=1S/C14H21Cl2N/c1-11(2)5-3-4-6-17-10-12-7-13(15)9-14(16)8-12/h7-9,11,17H,3-6,10H2,1-2H3. The van der Waals surface area contributed by atoms with Gasteiger partial charge in [0.2, 0.25) is 0 Å². The van der Waals surface area contributed by atoms with Gasteiger partial charge in [-0.25, -0.2) is 0 Å². The van der Waals surface area contributed by atoms with Crippen molar-refractivity contribution < 1.29 is 0 Å². The molecule has 1 aromatic carbocycles. The van der Waals surface area contributed by atoms with Gasteiger partial charge in [-0.05, 0) is 42.6 Å². The topological polar surface area (TPSA) is 12.0 Å². The average molecular weight is 274 g/mol. The van der Waals surface area contributed by atoms with Crippen LogP contribution in [0.1, 0.15) is 38.7 Å². The molecule has 0 radical (unpaired) electrons. The van der Waals surface area contributed by atoms with Crippen LogP contribution >= 0.6 is 23.2 Å². The van der Waals surface area contributed by atoms with Crippen LogP contribution in [0.15, 0.2) is 18.2 Å². The van der Waals surface area contributed by atoms with Gasteiger partial charge in [0.1, 0.15) is 0 Å². The summed E-state index contributed by atoms with van der Waals surface area (Å²) in [6.45, 7) is 6.42. The van der Waals surface area contributed by atoms with Crippen LogP contribution in [0.4, 0.5) is 0 Å². The molecule has 1 rings (SSSR count). The molecular weight excluding hydrogens is 253 g/mol. The normalized spacial score (nSPS) is 11.1. The van der Waals surface area contributed by atoms with E-state index in [1.54, 1.807) is 6.07 Å². The van der Waals surface area contributed by atoms with E-state index in [1.165, 1.54) is 19.3 Å². The lowest BCUT2D eigenvalue weighted by Gasteiger charge is -2.07. The monoisotopic (exact) mass is 273 g/mol. The Labute approximate surface area is 115 Å². The first-order valence-corrected chi connectivity index (χ1v) is 6.99. The second-order valence-electron chi connectivity index (χ2n) is 4.84. The maximum atomic E-state index is 5.94. The van der Waals surface area contributed by atoms with Gasteiger partial charge in [0.25, 0.3) is 0 Å². The first-order valence-electron chi connectivity index (χ1n) is 6.23. The molecule has 96 valence electrons. The molecule has 0 heterocycles. The summed E-state index contributed by atoms with van der Waals surface area (Å²) in [5.74, 6) is 0.807. The Morgan fingerprint density at radius 3 is 2.29 bits per heavy atom. The summed E-state index contributed by atoms with van der Waals surface area (Å²) in [6.07, 6.45) is 3.83. The zero-order valence-electron chi connectivity index (χ0n) is 10.6. The zero-order chi connectivity index (χ0) is 12.7. The van der Waals surface area contributed by atoms with Gasteiger partial charge < -0.3 is 5.32 Å². The fourth-order valence-corrected chi connectivity index (χ4v) is 2.32. The highest BCUT2D eigenvalue weighted by Crippen LogP contribution is 2.18. The lowest BCUT2D eigenvalue weighted by Crippen LogP contribution is -2.14. The fourth-order valence-electron chi connectivity index (χ4n) is 1.75. The van der Waals surface area contributed by atoms with Gasteiger partial charge >= 0.3 is 0 Å². The van der Waals surface area contributed by atoms with Crippen molar-refractivity contribution in [3.63, 3.8) is 0 Å². The molecule has 0 aliphatic carbocycles. The summed E-state index contributed by atoms with van der Waals surface area (Å²) in [6, 6.07) is 5.67. The molecular formula is C14H21Cl2N. The van der Waals surface area contributed by atoms with Crippen LogP contribution in [0.2, 0.25) is 10.0 Å². The molecule has 1 N–H and O–H groups in total. The SMILES string of the molecule is CC(C)CCCCNCc1cc(Cl)cc(Cl)c1. The summed E-state index contributed by atoms with van der Waals surface area (Å²) in [5, 5.41) is 4.82. The molecule has 0 bridgehead atoms. The molecule has 3 heteroatoms. The minimum Gasteiger partial charge on any atom is -0.313 e. The Morgan fingerprint density at radius 1 is 1.06 bits per heavy atom. The van der Waals surface area contributed by atoms with Crippen LogP contribution in [0, 0.1) is 5.92 Å². The molecule has 0 aliphatic heterocycles. The van der Waals surface area contributed by atoms with Gasteiger partial charge in [0, 0.05) is 16.6 Å². The van der Waals surface area contributed by atoms with E-state index in [-0.39, 0.29) is 0 Å². The predicted molar refractivity (Wildman–Crippen MR) is 76.9 cm³/mol. The van der Waals surface area contributed by atoms with Gasteiger partial charge in [-0.2, -0.15) is 0 Å². The highest BCUT2D eigenvalue weighted by Gasteiger charge is 1.98. The Bertz CT molecular complexity index is 317. The van der Waals surface area contributed by atoms with E-state index in [0.717, 1.165) is 24.6 Å². The van der Waals surface area contributed by atoms with Crippen molar-refractivity contribution >= 4 is 23.2 Å². The first-order chi connectivity index (χ1) is 8.08. The Kier molecular flexibility index (Phi) is 6.94. The first kappa shape index (κ1) is 14.8. The van der Waals surface area contributed by atoms with E-state index in [1.807, 2.05) is 12.1 Å². The lowest BCUT2D eigenvalue weighted by molar-refractivity contribution is 0.520. The maximum absolute atomic E-state index is 5.94. The van der Waals surface area contributed by atoms with Crippen molar-refractivity contribution in [3.05, 3.63) is 33.8 Å². The van der Waals surface area contributed by atoms with E-state index in [4.69, 9.17) is 23.2 Å². The van der Waals surface area contributed by atoms with E-state index in [2.05, 4.69) is 19.2 Å². The van der Waals surface area contributed by atoms with Gasteiger partial charge in [0.15, 0.2) is 0 Å². The highest BCUT2D eigenvalue weighted by atomic mass is 35.5. The van der Waals surface area contributed by atoms with Crippen LogP contribution in [0.25, 0.3) is 0 Å². The summed E-state index contributed by atoms with van der Waals surface area (Å²) >= 11 is 11.9. The van der Waals surface area contributed by atoms with E-state index in [0.29, 0.717) is 10.0 Å². The molecule has 1 nitrogen and oxygen atoms in total. The van der Waals surface area contributed by atoms with E-state index >= 15 is 0 Å². The van der Waals surface area contributed by atoms with Gasteiger partial charge in [-0.15, -0.1) is 0 Å². The molecule has 0 unspecified atom stereocenters. The van der Waals surface area contributed by atoms with E-state index < -0.39 is 0 Å². The van der Waals surface area contributed by atoms with Gasteiger partial charge in [-0.1, -0.05) is 49.9 Å². The summed E-state index contributed by atoms with van der Waals surface area (Å²) < 4.78 is 0. The minimum atomic E-state index is 0.703. The molecule has 17 heavy (non-hydrogen) atoms. The molecule has 0 aromatic heterocycles. The van der Waals surface area contributed by atoms with Gasteiger partial charge in [0.05, 0.1) is 0 Å². The van der Waals surface area contributed by atoms with Crippen molar-refractivity contribution in [2.45, 2.75) is 39.7 Å². The minimum absolute atomic E-state index is 0.703. The van der Waals surface area contributed by atoms with Crippen LogP contribution in [0.3, 0.4) is 0 Å². The molecule has 0 spiro atoms. The average Bonchev–Trinajstić information content (AvgIpc) is 2.21. The fraction of sp³-hybridized carbons (Fsp3) is 0.571. The summed E-state index contributed by atoms with van der Waals surface area (Å²) in [4.78, 5) is 0. The quantitative estimate of drug-likeness (QED) is 0.697. The van der Waals surface area contributed by atoms with Crippen LogP contribution < -0.4 is 5.32 Å². The number of nitrogens with one attached hydrogen (secondary N) is 1. The Morgan fingerprint density at radius 2 is 1.71 bits per heavy atom. The number of hydrogen-bond donors (Lipinski definition) is 1. The number of unbranched alkanes of at least 4 members (excludes halogenated alkanes) is 1. The van der Waals surface area contributed by atoms with Crippen LogP contribution in [0.5, 0.6) is 0 Å². The predicted octanol–water partition coefficient (Wildman–Crippen LogP) is 4.91. The molecule has 0 saturated carbocycles. The molecule has 0 amide bonds. The third kappa shape index (κ3) is 6.92. The van der Waals surface area contributed by atoms with Gasteiger partial charge in [-0.3, -0.25) is 0 Å². The molecule has 0 fully saturated rings. The number of hydrogen-bond acceptors (Lipinski definition) is 1. The summed E-state index contributed by atoms with van der Waals surface area (Å²) in [7, 11) is 0. The third-order valence-electron chi connectivity index (χ3n) is 2.64.